The number of carbonyl (C=O) groups excluding carboxylic acids is 2. The second-order valence-corrected chi connectivity index (χ2v) is 11.7. The Bertz CT molecular complexity index is 1670. The molecule has 0 saturated carbocycles. The van der Waals surface area contributed by atoms with Crippen molar-refractivity contribution in [3.8, 4) is 11.5 Å². The number of rotatable bonds is 13. The summed E-state index contributed by atoms with van der Waals surface area (Å²) in [4.78, 5) is 29.0. The second kappa shape index (κ2) is 14.5. The number of ether oxygens (including phenoxy) is 2. The van der Waals surface area contributed by atoms with Crippen LogP contribution in [0, 0.1) is 5.82 Å². The molecule has 44 heavy (non-hydrogen) atoms. The van der Waals surface area contributed by atoms with Crippen LogP contribution >= 0.6 is 0 Å². The van der Waals surface area contributed by atoms with Crippen LogP contribution in [0.3, 0.4) is 0 Å². The predicted octanol–water partition coefficient (Wildman–Crippen LogP) is 4.42. The van der Waals surface area contributed by atoms with E-state index in [1.165, 1.54) is 68.6 Å². The number of nitrogens with one attached hydrogen (secondary N) is 1. The van der Waals surface area contributed by atoms with Crippen LogP contribution in [0.4, 0.5) is 10.1 Å². The van der Waals surface area contributed by atoms with Crippen LogP contribution in [0.1, 0.15) is 11.1 Å². The van der Waals surface area contributed by atoms with Crippen molar-refractivity contribution in [1.82, 2.24) is 10.2 Å². The molecule has 0 bridgehead atoms. The fourth-order valence-corrected chi connectivity index (χ4v) is 6.17. The van der Waals surface area contributed by atoms with Gasteiger partial charge in [0.15, 0.2) is 0 Å². The van der Waals surface area contributed by atoms with Crippen molar-refractivity contribution >= 4 is 27.5 Å². The maximum absolute atomic E-state index is 14.4. The van der Waals surface area contributed by atoms with Gasteiger partial charge in [-0.15, -0.1) is 0 Å². The second-order valence-electron chi connectivity index (χ2n) is 9.83. The van der Waals surface area contributed by atoms with E-state index in [1.807, 2.05) is 30.3 Å². The molecule has 2 amide bonds. The first-order chi connectivity index (χ1) is 21.2. The molecule has 0 aliphatic heterocycles. The molecule has 0 aromatic heterocycles. The highest BCUT2D eigenvalue weighted by atomic mass is 32.2. The van der Waals surface area contributed by atoms with Crippen LogP contribution in [0.25, 0.3) is 0 Å². The number of hydrogen-bond donors (Lipinski definition) is 1. The summed E-state index contributed by atoms with van der Waals surface area (Å²) in [7, 11) is -0.0317. The smallest absolute Gasteiger partial charge is 0.264 e. The number of nitrogens with zero attached hydrogens (tertiary/aromatic N) is 2. The molecule has 1 N–H and O–H groups in total. The molecule has 0 unspecified atom stereocenters. The van der Waals surface area contributed by atoms with Gasteiger partial charge >= 0.3 is 0 Å². The first-order valence-corrected chi connectivity index (χ1v) is 15.2. The standard InChI is InChI=1S/C33H34FN3O6S/c1-35-33(39)30(20-24-10-6-4-7-11-24)36(22-25-14-16-26(34)17-15-25)32(38)23-37(44(40,41)28-12-8-5-9-13-28)29-21-27(42-2)18-19-31(29)43-3/h4-19,21,30H,20,22-23H2,1-3H3,(H,35,39)/t30-/m0/s1. The Kier molecular flexibility index (Phi) is 10.6. The number of carbonyl (C=O) groups is 2. The Morgan fingerprint density at radius 1 is 0.841 bits per heavy atom. The average Bonchev–Trinajstić information content (AvgIpc) is 3.06. The van der Waals surface area contributed by atoms with E-state index >= 15 is 0 Å². The van der Waals surface area contributed by atoms with Gasteiger partial charge in [-0.2, -0.15) is 0 Å². The maximum atomic E-state index is 14.4. The lowest BCUT2D eigenvalue weighted by Gasteiger charge is -2.34. The number of likely N-dealkylation sites (N-methyl/N-ethyl adjacent to an activating group) is 1. The van der Waals surface area contributed by atoms with E-state index in [2.05, 4.69) is 5.32 Å². The fraction of sp³-hybridized carbons (Fsp3) is 0.212. The van der Waals surface area contributed by atoms with E-state index in [1.54, 1.807) is 30.3 Å². The van der Waals surface area contributed by atoms with E-state index in [0.29, 0.717) is 11.3 Å². The topological polar surface area (TPSA) is 105 Å². The number of anilines is 1. The largest absolute Gasteiger partial charge is 0.497 e. The predicted molar refractivity (Wildman–Crippen MR) is 165 cm³/mol. The summed E-state index contributed by atoms with van der Waals surface area (Å²) in [6.45, 7) is -0.761. The number of hydrogen-bond acceptors (Lipinski definition) is 6. The van der Waals surface area contributed by atoms with Gasteiger partial charge < -0.3 is 19.7 Å². The van der Waals surface area contributed by atoms with Crippen LogP contribution in [0.5, 0.6) is 11.5 Å². The molecule has 4 aromatic carbocycles. The minimum absolute atomic E-state index is 0.0464. The van der Waals surface area contributed by atoms with E-state index in [4.69, 9.17) is 9.47 Å². The van der Waals surface area contributed by atoms with E-state index in [-0.39, 0.29) is 29.3 Å². The van der Waals surface area contributed by atoms with Crippen molar-refractivity contribution in [3.63, 3.8) is 0 Å². The lowest BCUT2D eigenvalue weighted by molar-refractivity contribution is -0.139. The zero-order valence-corrected chi connectivity index (χ0v) is 25.5. The van der Waals surface area contributed by atoms with Crippen molar-refractivity contribution in [1.29, 1.82) is 0 Å². The SMILES string of the molecule is CNC(=O)[C@H](Cc1ccccc1)N(Cc1ccc(F)cc1)C(=O)CN(c1cc(OC)ccc1OC)S(=O)(=O)c1ccccc1. The molecule has 4 aromatic rings. The van der Waals surface area contributed by atoms with E-state index in [0.717, 1.165) is 9.87 Å². The molecule has 0 spiro atoms. The molecule has 230 valence electrons. The molecule has 1 atom stereocenters. The Morgan fingerprint density at radius 3 is 2.07 bits per heavy atom. The molecule has 4 rings (SSSR count). The zero-order chi connectivity index (χ0) is 31.7. The average molecular weight is 620 g/mol. The lowest BCUT2D eigenvalue weighted by atomic mass is 10.0. The van der Waals surface area contributed by atoms with Crippen molar-refractivity contribution in [3.05, 3.63) is 120 Å². The van der Waals surface area contributed by atoms with Crippen LogP contribution in [0.2, 0.25) is 0 Å². The van der Waals surface area contributed by atoms with Crippen LogP contribution in [-0.4, -0.2) is 59.0 Å². The molecule has 0 aliphatic carbocycles. The van der Waals surface area contributed by atoms with Crippen molar-refractivity contribution in [2.75, 3.05) is 32.1 Å². The first-order valence-electron chi connectivity index (χ1n) is 13.8. The third kappa shape index (κ3) is 7.54. The highest BCUT2D eigenvalue weighted by molar-refractivity contribution is 7.92. The summed E-state index contributed by atoms with van der Waals surface area (Å²) in [5, 5.41) is 2.63. The molecular weight excluding hydrogens is 585 g/mol. The number of sulfonamides is 1. The normalized spacial score (nSPS) is 11.7. The fourth-order valence-electron chi connectivity index (χ4n) is 4.73. The van der Waals surface area contributed by atoms with Gasteiger partial charge in [0.05, 0.1) is 24.8 Å². The third-order valence-electron chi connectivity index (χ3n) is 7.05. The Morgan fingerprint density at radius 2 is 1.48 bits per heavy atom. The number of amides is 2. The minimum Gasteiger partial charge on any atom is -0.497 e. The van der Waals surface area contributed by atoms with Crippen LogP contribution in [0.15, 0.2) is 108 Å². The third-order valence-corrected chi connectivity index (χ3v) is 8.82. The van der Waals surface area contributed by atoms with Gasteiger partial charge in [0.25, 0.3) is 10.0 Å². The van der Waals surface area contributed by atoms with Crippen molar-refractivity contribution in [2.24, 2.45) is 0 Å². The molecule has 0 radical (unpaired) electrons. The number of halogens is 1. The molecule has 0 aliphatic rings. The highest BCUT2D eigenvalue weighted by Gasteiger charge is 2.35. The van der Waals surface area contributed by atoms with E-state index in [9.17, 15) is 22.4 Å². The molecule has 0 fully saturated rings. The summed E-state index contributed by atoms with van der Waals surface area (Å²) in [5.41, 5.74) is 1.42. The Hall–Kier alpha value is -4.90. The molecule has 0 heterocycles. The quantitative estimate of drug-likeness (QED) is 0.238. The van der Waals surface area contributed by atoms with E-state index < -0.39 is 40.2 Å². The van der Waals surface area contributed by atoms with Gasteiger partial charge in [0.1, 0.15) is 29.9 Å². The number of methoxy groups -OCH3 is 2. The minimum atomic E-state index is -4.33. The lowest BCUT2D eigenvalue weighted by Crippen LogP contribution is -2.53. The summed E-state index contributed by atoms with van der Waals surface area (Å²) < 4.78 is 53.9. The van der Waals surface area contributed by atoms with Gasteiger partial charge in [-0.05, 0) is 47.5 Å². The monoisotopic (exact) mass is 619 g/mol. The maximum Gasteiger partial charge on any atom is 0.264 e. The Labute approximate surface area is 256 Å². The molecule has 9 nitrogen and oxygen atoms in total. The summed E-state index contributed by atoms with van der Waals surface area (Å²) in [6.07, 6.45) is 0.154. The molecular formula is C33H34FN3O6S. The summed E-state index contributed by atoms with van der Waals surface area (Å²) in [6, 6.07) is 26.0. The summed E-state index contributed by atoms with van der Waals surface area (Å²) in [5.74, 6) is -1.03. The zero-order valence-electron chi connectivity index (χ0n) is 24.6. The number of benzene rings is 4. The Balaban J connectivity index is 1.84. The van der Waals surface area contributed by atoms with Crippen molar-refractivity contribution in [2.45, 2.75) is 23.9 Å². The van der Waals surface area contributed by atoms with Gasteiger partial charge in [-0.3, -0.25) is 13.9 Å². The van der Waals surface area contributed by atoms with Crippen LogP contribution in [-0.2, 0) is 32.6 Å². The summed E-state index contributed by atoms with van der Waals surface area (Å²) >= 11 is 0. The van der Waals surface area contributed by atoms with Gasteiger partial charge in [-0.1, -0.05) is 60.7 Å². The first kappa shape index (κ1) is 32.0. The van der Waals surface area contributed by atoms with Gasteiger partial charge in [0, 0.05) is 26.1 Å². The van der Waals surface area contributed by atoms with Crippen LogP contribution < -0.4 is 19.1 Å². The molecule has 11 heteroatoms. The highest BCUT2D eigenvalue weighted by Crippen LogP contribution is 2.36. The van der Waals surface area contributed by atoms with Crippen molar-refractivity contribution < 1.29 is 31.9 Å². The van der Waals surface area contributed by atoms with Gasteiger partial charge in [-0.25, -0.2) is 12.8 Å². The molecule has 0 saturated heterocycles. The van der Waals surface area contributed by atoms with Gasteiger partial charge in [0.2, 0.25) is 11.8 Å².